The molecule has 23 heavy (non-hydrogen) atoms. The first-order valence-electron chi connectivity index (χ1n) is 7.98. The molecule has 6 nitrogen and oxygen atoms in total. The molecular weight excluding hydrogens is 294 g/mol. The number of carbonyl (C=O) groups excluding carboxylic acids is 3. The highest BCUT2D eigenvalue weighted by Crippen LogP contribution is 2.44. The summed E-state index contributed by atoms with van der Waals surface area (Å²) in [7, 11) is 0. The number of benzene rings is 1. The zero-order chi connectivity index (χ0) is 16.7. The van der Waals surface area contributed by atoms with E-state index in [1.54, 1.807) is 13.8 Å². The molecule has 0 saturated heterocycles. The lowest BCUT2D eigenvalue weighted by Crippen LogP contribution is -2.39. The van der Waals surface area contributed by atoms with Gasteiger partial charge in [-0.2, -0.15) is 0 Å². The van der Waals surface area contributed by atoms with E-state index < -0.39 is 11.8 Å². The maximum atomic E-state index is 12.3. The van der Waals surface area contributed by atoms with Crippen LogP contribution in [0, 0.1) is 0 Å². The van der Waals surface area contributed by atoms with Gasteiger partial charge in [-0.05, 0) is 56.9 Å². The Morgan fingerprint density at radius 3 is 2.70 bits per heavy atom. The third kappa shape index (κ3) is 2.69. The van der Waals surface area contributed by atoms with Gasteiger partial charge in [0.05, 0.1) is 11.6 Å². The second-order valence-electron chi connectivity index (χ2n) is 6.47. The molecule has 2 heterocycles. The summed E-state index contributed by atoms with van der Waals surface area (Å²) in [6, 6.07) is 3.59. The van der Waals surface area contributed by atoms with E-state index >= 15 is 0 Å². The molecule has 2 N–H and O–H groups in total. The van der Waals surface area contributed by atoms with Crippen LogP contribution in [0.2, 0.25) is 0 Å². The Labute approximate surface area is 135 Å². The van der Waals surface area contributed by atoms with Gasteiger partial charge in [0.2, 0.25) is 5.91 Å². The van der Waals surface area contributed by atoms with Crippen molar-refractivity contribution in [2.75, 3.05) is 16.8 Å². The Kier molecular flexibility index (Phi) is 3.83. The molecule has 0 bridgehead atoms. The van der Waals surface area contributed by atoms with Crippen molar-refractivity contribution in [3.05, 3.63) is 23.3 Å². The Balaban J connectivity index is 1.88. The van der Waals surface area contributed by atoms with Crippen LogP contribution in [0.5, 0.6) is 0 Å². The van der Waals surface area contributed by atoms with Crippen molar-refractivity contribution in [1.29, 1.82) is 0 Å². The quantitative estimate of drug-likeness (QED) is 0.813. The highest BCUT2D eigenvalue weighted by Gasteiger charge is 2.38. The van der Waals surface area contributed by atoms with Crippen LogP contribution in [0.25, 0.3) is 0 Å². The summed E-state index contributed by atoms with van der Waals surface area (Å²) in [6.07, 6.45) is 1.79. The molecule has 3 amide bonds. The minimum absolute atomic E-state index is 0.0966. The predicted molar refractivity (Wildman–Crippen MR) is 87.4 cm³/mol. The van der Waals surface area contributed by atoms with E-state index in [4.69, 9.17) is 0 Å². The van der Waals surface area contributed by atoms with Crippen molar-refractivity contribution in [2.45, 2.75) is 45.6 Å². The summed E-state index contributed by atoms with van der Waals surface area (Å²) >= 11 is 0. The van der Waals surface area contributed by atoms with Gasteiger partial charge in [0.25, 0.3) is 0 Å². The molecule has 0 spiro atoms. The van der Waals surface area contributed by atoms with Crippen LogP contribution >= 0.6 is 0 Å². The summed E-state index contributed by atoms with van der Waals surface area (Å²) in [6.45, 7) is 6.23. The maximum Gasteiger partial charge on any atom is 0.313 e. The molecule has 1 aromatic rings. The molecule has 0 fully saturated rings. The van der Waals surface area contributed by atoms with Gasteiger partial charge >= 0.3 is 11.8 Å². The van der Waals surface area contributed by atoms with Gasteiger partial charge < -0.3 is 15.5 Å². The van der Waals surface area contributed by atoms with Crippen molar-refractivity contribution in [1.82, 2.24) is 5.32 Å². The van der Waals surface area contributed by atoms with Crippen LogP contribution in [-0.2, 0) is 20.8 Å². The monoisotopic (exact) mass is 315 g/mol. The number of anilines is 2. The average molecular weight is 315 g/mol. The fourth-order valence-electron chi connectivity index (χ4n) is 3.28. The predicted octanol–water partition coefficient (Wildman–Crippen LogP) is 1.55. The third-order valence-corrected chi connectivity index (χ3v) is 4.30. The summed E-state index contributed by atoms with van der Waals surface area (Å²) in [5.41, 5.74) is 3.57. The van der Waals surface area contributed by atoms with E-state index in [0.717, 1.165) is 36.2 Å². The minimum atomic E-state index is -0.685. The maximum absolute atomic E-state index is 12.3. The largest absolute Gasteiger partial charge is 0.346 e. The van der Waals surface area contributed by atoms with Crippen LogP contribution in [0.4, 0.5) is 11.4 Å². The molecule has 2 aliphatic heterocycles. The van der Waals surface area contributed by atoms with Gasteiger partial charge in [0.15, 0.2) is 0 Å². The van der Waals surface area contributed by atoms with E-state index in [1.807, 2.05) is 24.0 Å². The van der Waals surface area contributed by atoms with E-state index in [9.17, 15) is 14.4 Å². The smallest absolute Gasteiger partial charge is 0.313 e. The zero-order valence-electron chi connectivity index (χ0n) is 13.6. The molecule has 0 aliphatic carbocycles. The van der Waals surface area contributed by atoms with Gasteiger partial charge in [-0.15, -0.1) is 0 Å². The van der Waals surface area contributed by atoms with Crippen LogP contribution in [0.3, 0.4) is 0 Å². The minimum Gasteiger partial charge on any atom is -0.346 e. The SMILES string of the molecule is CC(C)NC(=O)C(=O)Nc1cc2c3c(c1)[C@@H](C)C(=O)N3CCC2. The van der Waals surface area contributed by atoms with E-state index in [-0.39, 0.29) is 17.9 Å². The van der Waals surface area contributed by atoms with Crippen molar-refractivity contribution in [3.63, 3.8) is 0 Å². The summed E-state index contributed by atoms with van der Waals surface area (Å²) in [5, 5.41) is 5.21. The lowest BCUT2D eigenvalue weighted by Gasteiger charge is -2.26. The number of nitrogens with one attached hydrogen (secondary N) is 2. The summed E-state index contributed by atoms with van der Waals surface area (Å²) in [4.78, 5) is 37.9. The number of nitrogens with zero attached hydrogens (tertiary/aromatic N) is 1. The highest BCUT2D eigenvalue weighted by atomic mass is 16.2. The second kappa shape index (κ2) is 5.68. The zero-order valence-corrected chi connectivity index (χ0v) is 13.6. The molecule has 1 atom stereocenters. The van der Waals surface area contributed by atoms with E-state index in [2.05, 4.69) is 10.6 Å². The number of amides is 3. The Hall–Kier alpha value is -2.37. The van der Waals surface area contributed by atoms with Crippen LogP contribution < -0.4 is 15.5 Å². The first kappa shape index (κ1) is 15.5. The molecule has 1 aromatic carbocycles. The van der Waals surface area contributed by atoms with Crippen molar-refractivity contribution >= 4 is 29.1 Å². The lowest BCUT2D eigenvalue weighted by atomic mass is 9.96. The highest BCUT2D eigenvalue weighted by molar-refractivity contribution is 6.39. The molecule has 122 valence electrons. The molecule has 0 saturated carbocycles. The Morgan fingerprint density at radius 1 is 1.26 bits per heavy atom. The number of rotatable bonds is 2. The van der Waals surface area contributed by atoms with Crippen LogP contribution in [-0.4, -0.2) is 30.3 Å². The van der Waals surface area contributed by atoms with Gasteiger partial charge in [-0.25, -0.2) is 0 Å². The van der Waals surface area contributed by atoms with Crippen molar-refractivity contribution in [2.24, 2.45) is 0 Å². The number of aryl methyl sites for hydroxylation is 1. The molecule has 0 radical (unpaired) electrons. The molecule has 0 unspecified atom stereocenters. The topological polar surface area (TPSA) is 78.5 Å². The molecule has 2 aliphatic rings. The van der Waals surface area contributed by atoms with E-state index in [1.165, 1.54) is 0 Å². The Morgan fingerprint density at radius 2 is 2.00 bits per heavy atom. The Bertz CT molecular complexity index is 697. The number of hydrogen-bond donors (Lipinski definition) is 2. The molecular formula is C17H21N3O3. The first-order chi connectivity index (χ1) is 10.9. The third-order valence-electron chi connectivity index (χ3n) is 4.30. The van der Waals surface area contributed by atoms with Crippen molar-refractivity contribution < 1.29 is 14.4 Å². The van der Waals surface area contributed by atoms with Gasteiger partial charge in [0, 0.05) is 18.3 Å². The normalized spacial score (nSPS) is 18.9. The van der Waals surface area contributed by atoms with Gasteiger partial charge in [-0.1, -0.05) is 0 Å². The standard InChI is InChI=1S/C17H21N3O3/c1-9(2)18-15(21)16(22)19-12-7-11-5-4-6-20-14(11)13(8-12)10(3)17(20)23/h7-10H,4-6H2,1-3H3,(H,18,21)(H,19,22)/t10-/m1/s1. The average Bonchev–Trinajstić information content (AvgIpc) is 2.73. The molecule has 3 rings (SSSR count). The van der Waals surface area contributed by atoms with E-state index in [0.29, 0.717) is 5.69 Å². The lowest BCUT2D eigenvalue weighted by molar-refractivity contribution is -0.136. The summed E-state index contributed by atoms with van der Waals surface area (Å²) in [5.74, 6) is -1.43. The van der Waals surface area contributed by atoms with Gasteiger partial charge in [0.1, 0.15) is 0 Å². The molecule has 6 heteroatoms. The summed E-state index contributed by atoms with van der Waals surface area (Å²) < 4.78 is 0. The van der Waals surface area contributed by atoms with Crippen molar-refractivity contribution in [3.8, 4) is 0 Å². The first-order valence-corrected chi connectivity index (χ1v) is 7.98. The van der Waals surface area contributed by atoms with Gasteiger partial charge in [-0.3, -0.25) is 14.4 Å². The fourth-order valence-corrected chi connectivity index (χ4v) is 3.28. The van der Waals surface area contributed by atoms with Crippen LogP contribution in [0.1, 0.15) is 44.2 Å². The number of hydrogen-bond acceptors (Lipinski definition) is 3. The van der Waals surface area contributed by atoms with Crippen LogP contribution in [0.15, 0.2) is 12.1 Å². The molecule has 0 aromatic heterocycles. The number of carbonyl (C=O) groups is 3. The fraction of sp³-hybridized carbons (Fsp3) is 0.471. The second-order valence-corrected chi connectivity index (χ2v) is 6.47.